The minimum atomic E-state index is 0. The molecule has 0 N–H and O–H groups in total. The third-order valence-corrected chi connectivity index (χ3v) is 4.71. The van der Waals surface area contributed by atoms with Gasteiger partial charge in [-0.05, 0) is 0 Å². The van der Waals surface area contributed by atoms with Crippen LogP contribution in [0.15, 0.2) is 48.5 Å². The van der Waals surface area contributed by atoms with Gasteiger partial charge in [0, 0.05) is 0 Å². The van der Waals surface area contributed by atoms with Crippen LogP contribution in [-0.4, -0.2) is 33.9 Å². The average molecular weight is 599 g/mol. The summed E-state index contributed by atoms with van der Waals surface area (Å²) in [5.41, 5.74) is 2.73. The van der Waals surface area contributed by atoms with Crippen molar-refractivity contribution in [3.05, 3.63) is 59.7 Å². The molecule has 4 nitrogen and oxygen atoms in total. The first-order valence-electron chi connectivity index (χ1n) is 10.3. The van der Waals surface area contributed by atoms with Crippen molar-refractivity contribution >= 4 is 27.0 Å². The standard InChI is InChI=1S/2C12H13O2.C2H6Si.2ClH.Zr/c2*1-8-4-9-6-11(13-2)12(14-3)7-10(9)5-8;1-3-2;;;/h2*4-7H,1-3H3;1-2H3;2*1H;/q2*-1;;;;+2/p-2. The summed E-state index contributed by atoms with van der Waals surface area (Å²) in [6, 6.07) is 16.5. The molecule has 0 atom stereocenters. The second-order valence-corrected chi connectivity index (χ2v) is 17.1. The van der Waals surface area contributed by atoms with Crippen molar-refractivity contribution in [1.82, 2.24) is 0 Å². The number of halogens is 2. The van der Waals surface area contributed by atoms with Crippen molar-refractivity contribution in [2.24, 2.45) is 0 Å². The summed E-state index contributed by atoms with van der Waals surface area (Å²) in [4.78, 5) is 0. The summed E-state index contributed by atoms with van der Waals surface area (Å²) in [6.07, 6.45) is 0. The molecule has 0 saturated heterocycles. The van der Waals surface area contributed by atoms with E-state index in [1.54, 1.807) is 51.8 Å². The van der Waals surface area contributed by atoms with Crippen LogP contribution < -0.4 is 43.8 Å². The van der Waals surface area contributed by atoms with E-state index in [0.717, 1.165) is 23.0 Å². The van der Waals surface area contributed by atoms with Gasteiger partial charge in [-0.15, -0.1) is 44.8 Å². The minimum absolute atomic E-state index is 0. The molecule has 0 aromatic heterocycles. The van der Waals surface area contributed by atoms with Crippen LogP contribution in [0.25, 0.3) is 21.5 Å². The number of hydrogen-bond donors (Lipinski definition) is 0. The van der Waals surface area contributed by atoms with Gasteiger partial charge in [-0.25, -0.2) is 0 Å². The van der Waals surface area contributed by atoms with Gasteiger partial charge in [-0.2, -0.15) is 12.1 Å². The van der Waals surface area contributed by atoms with E-state index in [-0.39, 0.29) is 30.2 Å². The van der Waals surface area contributed by atoms with E-state index >= 15 is 0 Å². The summed E-state index contributed by atoms with van der Waals surface area (Å²) >= 11 is 1.74. The van der Waals surface area contributed by atoms with Gasteiger partial charge in [0.2, 0.25) is 0 Å². The predicted molar refractivity (Wildman–Crippen MR) is 132 cm³/mol. The fourth-order valence-corrected chi connectivity index (χ4v) is 3.39. The molecule has 0 amide bonds. The molecule has 4 aromatic rings. The number of hydrogen-bond acceptors (Lipinski definition) is 4. The first-order chi connectivity index (χ1) is 15.2. The Morgan fingerprint density at radius 1 is 0.588 bits per heavy atom. The zero-order valence-electron chi connectivity index (χ0n) is 21.0. The van der Waals surface area contributed by atoms with E-state index in [2.05, 4.69) is 51.2 Å². The smallest absolute Gasteiger partial charge is 1.00 e. The Labute approximate surface area is 230 Å². The van der Waals surface area contributed by atoms with Gasteiger partial charge in [-0.1, -0.05) is 38.1 Å². The molecule has 0 spiro atoms. The largest absolute Gasteiger partial charge is 1.00 e. The molecular weight excluding hydrogens is 566 g/mol. The number of ether oxygens (including phenoxy) is 4. The predicted octanol–water partition coefficient (Wildman–Crippen LogP) is 0.561. The van der Waals surface area contributed by atoms with Crippen molar-refractivity contribution in [2.75, 3.05) is 28.4 Å². The third-order valence-electron chi connectivity index (χ3n) is 4.71. The van der Waals surface area contributed by atoms with E-state index < -0.39 is 0 Å². The van der Waals surface area contributed by atoms with Crippen LogP contribution in [0.4, 0.5) is 0 Å². The normalized spacial score (nSPS) is 9.47. The van der Waals surface area contributed by atoms with E-state index in [0.29, 0.717) is 0 Å². The van der Waals surface area contributed by atoms with Gasteiger partial charge in [0.25, 0.3) is 0 Å². The Morgan fingerprint density at radius 2 is 0.853 bits per heavy atom. The third kappa shape index (κ3) is 8.96. The van der Waals surface area contributed by atoms with Crippen LogP contribution in [0.3, 0.4) is 0 Å². The molecular formula is C26H32Cl2O4SiZr-2. The molecule has 0 aliphatic heterocycles. The maximum atomic E-state index is 5.23. The number of benzene rings is 2. The minimum Gasteiger partial charge on any atom is -1.00 e. The van der Waals surface area contributed by atoms with Crippen molar-refractivity contribution in [3.63, 3.8) is 0 Å². The van der Waals surface area contributed by atoms with Gasteiger partial charge < -0.3 is 43.8 Å². The summed E-state index contributed by atoms with van der Waals surface area (Å²) in [5, 5.41) is 4.78. The van der Waals surface area contributed by atoms with Gasteiger partial charge >= 0.3 is 41.9 Å². The first kappa shape index (κ1) is 32.5. The molecule has 8 heteroatoms. The first-order valence-corrected chi connectivity index (χ1v) is 16.5. The Balaban J connectivity index is 0.000000528. The van der Waals surface area contributed by atoms with Crippen LogP contribution in [0.1, 0.15) is 11.1 Å². The molecule has 0 aliphatic rings. The van der Waals surface area contributed by atoms with Gasteiger partial charge in [-0.3, -0.25) is 0 Å². The van der Waals surface area contributed by atoms with Crippen LogP contribution >= 0.6 is 0 Å². The number of fused-ring (bicyclic) bond motifs is 2. The van der Waals surface area contributed by atoms with Gasteiger partial charge in [0.1, 0.15) is 23.0 Å². The Kier molecular flexibility index (Phi) is 14.9. The van der Waals surface area contributed by atoms with Crippen LogP contribution in [0.5, 0.6) is 23.0 Å². The van der Waals surface area contributed by atoms with Crippen molar-refractivity contribution < 1.29 is 67.1 Å². The Hall–Kier alpha value is -1.46. The van der Waals surface area contributed by atoms with Crippen molar-refractivity contribution in [3.8, 4) is 23.0 Å². The monoisotopic (exact) mass is 596 g/mol. The zero-order chi connectivity index (χ0) is 23.8. The molecule has 0 bridgehead atoms. The molecule has 34 heavy (non-hydrogen) atoms. The molecule has 0 aliphatic carbocycles. The van der Waals surface area contributed by atoms with Crippen molar-refractivity contribution in [1.29, 1.82) is 0 Å². The number of aryl methyl sites for hydroxylation is 2. The molecule has 0 radical (unpaired) electrons. The molecule has 0 heterocycles. The van der Waals surface area contributed by atoms with E-state index in [9.17, 15) is 0 Å². The summed E-state index contributed by atoms with van der Waals surface area (Å²) < 4.78 is 20.9. The number of rotatable bonds is 4. The van der Waals surface area contributed by atoms with Gasteiger partial charge in [0.05, 0.1) is 28.4 Å². The zero-order valence-corrected chi connectivity index (χ0v) is 26.0. The maximum absolute atomic E-state index is 5.23. The molecule has 4 aromatic carbocycles. The summed E-state index contributed by atoms with van der Waals surface area (Å²) in [5.74, 6) is 3.13. The fourth-order valence-electron chi connectivity index (χ4n) is 3.39. The van der Waals surface area contributed by atoms with E-state index in [1.165, 1.54) is 32.7 Å². The molecule has 184 valence electrons. The Morgan fingerprint density at radius 3 is 1.12 bits per heavy atom. The Bertz CT molecular complexity index is 1030. The molecule has 0 unspecified atom stereocenters. The summed E-state index contributed by atoms with van der Waals surface area (Å²) in [6.45, 7) is 8.78. The van der Waals surface area contributed by atoms with Gasteiger partial charge in [0.15, 0.2) is 0 Å². The average Bonchev–Trinajstić information content (AvgIpc) is 3.30. The van der Waals surface area contributed by atoms with E-state index in [1.807, 2.05) is 24.3 Å². The molecule has 0 saturated carbocycles. The maximum Gasteiger partial charge on any atom is -1.00 e. The topological polar surface area (TPSA) is 36.9 Å². The SMILES string of the molecule is COc1cc2cc(C)[cH-]c2cc1OC.COc1cc2cc(C)[cH-]c2cc1OC.C[Si](C)=[Zr+2].[Cl-].[Cl-]. The molecule has 0 fully saturated rings. The quantitative estimate of drug-likeness (QED) is 0.254. The van der Waals surface area contributed by atoms with Crippen molar-refractivity contribution in [2.45, 2.75) is 26.9 Å². The van der Waals surface area contributed by atoms with Crippen LogP contribution in [0, 0.1) is 13.8 Å². The second-order valence-electron chi connectivity index (χ2n) is 7.74. The van der Waals surface area contributed by atoms with Crippen LogP contribution in [0.2, 0.25) is 13.1 Å². The summed E-state index contributed by atoms with van der Waals surface area (Å²) in [7, 11) is 6.61. The van der Waals surface area contributed by atoms with Crippen LogP contribution in [-0.2, 0) is 23.3 Å². The number of methoxy groups -OCH3 is 4. The second kappa shape index (κ2) is 15.5. The fraction of sp³-hybridized carbons (Fsp3) is 0.308. The molecule has 4 rings (SSSR count). The van der Waals surface area contributed by atoms with E-state index in [4.69, 9.17) is 18.9 Å².